The van der Waals surface area contributed by atoms with E-state index in [4.69, 9.17) is 19.4 Å². The summed E-state index contributed by atoms with van der Waals surface area (Å²) in [5.74, 6) is 0.732. The van der Waals surface area contributed by atoms with Gasteiger partial charge in [-0.05, 0) is 36.4 Å². The Morgan fingerprint density at radius 2 is 1.93 bits per heavy atom. The SMILES string of the molecule is COc1ccc(-n2nc(C(=O)N(C)OC)cc2-c2ccc(OCCO)cc2)cn1. The predicted molar refractivity (Wildman–Crippen MR) is 105 cm³/mol. The number of hydrogen-bond acceptors (Lipinski definition) is 7. The van der Waals surface area contributed by atoms with E-state index in [2.05, 4.69) is 10.1 Å². The maximum atomic E-state index is 12.5. The molecule has 1 aromatic carbocycles. The van der Waals surface area contributed by atoms with E-state index in [1.54, 1.807) is 48.3 Å². The van der Waals surface area contributed by atoms with Crippen LogP contribution in [0.4, 0.5) is 0 Å². The summed E-state index contributed by atoms with van der Waals surface area (Å²) in [5.41, 5.74) is 2.41. The van der Waals surface area contributed by atoms with Crippen LogP contribution in [0.2, 0.25) is 0 Å². The molecule has 0 saturated carbocycles. The second-order valence-corrected chi connectivity index (χ2v) is 5.97. The molecule has 2 aromatic heterocycles. The van der Waals surface area contributed by atoms with Gasteiger partial charge < -0.3 is 14.6 Å². The second-order valence-electron chi connectivity index (χ2n) is 5.97. The lowest BCUT2D eigenvalue weighted by Crippen LogP contribution is -2.25. The molecule has 0 fully saturated rings. The number of nitrogens with zero attached hydrogens (tertiary/aromatic N) is 4. The van der Waals surface area contributed by atoms with Crippen molar-refractivity contribution >= 4 is 5.91 Å². The van der Waals surface area contributed by atoms with Crippen LogP contribution in [0.5, 0.6) is 11.6 Å². The molecule has 9 heteroatoms. The van der Waals surface area contributed by atoms with Crippen molar-refractivity contribution in [3.05, 3.63) is 54.4 Å². The van der Waals surface area contributed by atoms with E-state index in [9.17, 15) is 4.79 Å². The Morgan fingerprint density at radius 3 is 2.52 bits per heavy atom. The van der Waals surface area contributed by atoms with E-state index in [0.29, 0.717) is 23.0 Å². The minimum absolute atomic E-state index is 0.0581. The number of hydrogen-bond donors (Lipinski definition) is 1. The monoisotopic (exact) mass is 398 g/mol. The molecular formula is C20H22N4O5. The maximum Gasteiger partial charge on any atom is 0.297 e. The van der Waals surface area contributed by atoms with Gasteiger partial charge in [-0.3, -0.25) is 9.63 Å². The zero-order chi connectivity index (χ0) is 20.8. The average molecular weight is 398 g/mol. The van der Waals surface area contributed by atoms with Gasteiger partial charge in [-0.1, -0.05) is 0 Å². The van der Waals surface area contributed by atoms with E-state index in [-0.39, 0.29) is 24.8 Å². The fourth-order valence-electron chi connectivity index (χ4n) is 2.64. The molecule has 9 nitrogen and oxygen atoms in total. The van der Waals surface area contributed by atoms with Gasteiger partial charge in [0.15, 0.2) is 5.69 Å². The van der Waals surface area contributed by atoms with Gasteiger partial charge in [-0.2, -0.15) is 5.10 Å². The lowest BCUT2D eigenvalue weighted by Gasteiger charge is -2.11. The number of rotatable bonds is 8. The topological polar surface area (TPSA) is 98.9 Å². The highest BCUT2D eigenvalue weighted by atomic mass is 16.7. The van der Waals surface area contributed by atoms with Crippen LogP contribution in [0.1, 0.15) is 10.5 Å². The van der Waals surface area contributed by atoms with Gasteiger partial charge in [0, 0.05) is 18.7 Å². The number of aliphatic hydroxyl groups is 1. The largest absolute Gasteiger partial charge is 0.491 e. The van der Waals surface area contributed by atoms with Gasteiger partial charge in [0.25, 0.3) is 5.91 Å². The van der Waals surface area contributed by atoms with Gasteiger partial charge in [0.05, 0.1) is 38.4 Å². The summed E-state index contributed by atoms with van der Waals surface area (Å²) in [7, 11) is 4.47. The zero-order valence-electron chi connectivity index (χ0n) is 16.4. The van der Waals surface area contributed by atoms with Crippen molar-refractivity contribution in [2.24, 2.45) is 0 Å². The van der Waals surface area contributed by atoms with E-state index in [0.717, 1.165) is 10.6 Å². The molecule has 2 heterocycles. The van der Waals surface area contributed by atoms with E-state index in [1.807, 2.05) is 12.1 Å². The maximum absolute atomic E-state index is 12.5. The van der Waals surface area contributed by atoms with Crippen molar-refractivity contribution in [1.82, 2.24) is 19.8 Å². The van der Waals surface area contributed by atoms with Crippen LogP contribution in [0.15, 0.2) is 48.7 Å². The summed E-state index contributed by atoms with van der Waals surface area (Å²) in [6.07, 6.45) is 1.61. The third kappa shape index (κ3) is 4.53. The van der Waals surface area contributed by atoms with Gasteiger partial charge in [-0.25, -0.2) is 14.7 Å². The number of ether oxygens (including phenoxy) is 2. The number of amides is 1. The quantitative estimate of drug-likeness (QED) is 0.579. The van der Waals surface area contributed by atoms with Crippen LogP contribution in [0.25, 0.3) is 16.9 Å². The second kappa shape index (κ2) is 9.18. The van der Waals surface area contributed by atoms with Crippen LogP contribution >= 0.6 is 0 Å². The summed E-state index contributed by atoms with van der Waals surface area (Å²) in [5, 5.41) is 14.4. The number of aromatic nitrogens is 3. The van der Waals surface area contributed by atoms with Crippen LogP contribution in [-0.4, -0.2) is 65.3 Å². The predicted octanol–water partition coefficient (Wildman–Crippen LogP) is 1.95. The fourth-order valence-corrected chi connectivity index (χ4v) is 2.64. The summed E-state index contributed by atoms with van der Waals surface area (Å²) in [6, 6.07) is 12.5. The van der Waals surface area contributed by atoms with Crippen molar-refractivity contribution < 1.29 is 24.2 Å². The van der Waals surface area contributed by atoms with Crippen molar-refractivity contribution in [2.45, 2.75) is 0 Å². The summed E-state index contributed by atoms with van der Waals surface area (Å²) in [4.78, 5) is 21.7. The smallest absolute Gasteiger partial charge is 0.297 e. The normalized spacial score (nSPS) is 10.6. The Labute approximate surface area is 168 Å². The van der Waals surface area contributed by atoms with Crippen LogP contribution in [0, 0.1) is 0 Å². The highest BCUT2D eigenvalue weighted by molar-refractivity contribution is 5.92. The van der Waals surface area contributed by atoms with Crippen molar-refractivity contribution in [3.8, 4) is 28.6 Å². The number of pyridine rings is 1. The van der Waals surface area contributed by atoms with Crippen molar-refractivity contribution in [2.75, 3.05) is 34.5 Å². The molecule has 0 atom stereocenters. The first kappa shape index (κ1) is 20.3. The van der Waals surface area contributed by atoms with E-state index >= 15 is 0 Å². The first-order valence-corrected chi connectivity index (χ1v) is 8.84. The average Bonchev–Trinajstić information content (AvgIpc) is 3.22. The molecule has 0 aliphatic heterocycles. The van der Waals surface area contributed by atoms with Crippen LogP contribution < -0.4 is 9.47 Å². The van der Waals surface area contributed by atoms with Gasteiger partial charge in [0.1, 0.15) is 12.4 Å². The molecule has 0 radical (unpaired) electrons. The molecule has 1 amide bonds. The molecule has 3 aromatic rings. The lowest BCUT2D eigenvalue weighted by molar-refractivity contribution is -0.0760. The molecule has 1 N–H and O–H groups in total. The molecule has 0 spiro atoms. The molecule has 0 aliphatic rings. The third-order valence-electron chi connectivity index (χ3n) is 4.17. The highest BCUT2D eigenvalue weighted by Gasteiger charge is 2.20. The number of methoxy groups -OCH3 is 1. The molecule has 0 unspecified atom stereocenters. The Balaban J connectivity index is 2.03. The Hall–Kier alpha value is -3.43. The first-order chi connectivity index (χ1) is 14.1. The highest BCUT2D eigenvalue weighted by Crippen LogP contribution is 2.27. The molecule has 152 valence electrons. The number of benzene rings is 1. The zero-order valence-corrected chi connectivity index (χ0v) is 16.4. The Bertz CT molecular complexity index is 954. The van der Waals surface area contributed by atoms with Gasteiger partial charge >= 0.3 is 0 Å². The standard InChI is InChI=1S/C20H22N4O5/c1-23(28-3)20(26)17-12-18(14-4-7-16(8-5-14)29-11-10-25)24(22-17)15-6-9-19(27-2)21-13-15/h4-9,12-13,25H,10-11H2,1-3H3. The van der Waals surface area contributed by atoms with Crippen molar-refractivity contribution in [1.29, 1.82) is 0 Å². The molecule has 29 heavy (non-hydrogen) atoms. The minimum Gasteiger partial charge on any atom is -0.491 e. The number of aliphatic hydroxyl groups excluding tert-OH is 1. The molecule has 3 rings (SSSR count). The summed E-state index contributed by atoms with van der Waals surface area (Å²) < 4.78 is 12.1. The third-order valence-corrected chi connectivity index (χ3v) is 4.17. The fraction of sp³-hybridized carbons (Fsp3) is 0.250. The van der Waals surface area contributed by atoms with E-state index < -0.39 is 0 Å². The lowest BCUT2D eigenvalue weighted by atomic mass is 10.1. The van der Waals surface area contributed by atoms with Gasteiger partial charge in [0.2, 0.25) is 5.88 Å². The van der Waals surface area contributed by atoms with Crippen molar-refractivity contribution in [3.63, 3.8) is 0 Å². The first-order valence-electron chi connectivity index (χ1n) is 8.84. The number of hydroxylamine groups is 2. The van der Waals surface area contributed by atoms with Crippen LogP contribution in [-0.2, 0) is 4.84 Å². The van der Waals surface area contributed by atoms with Gasteiger partial charge in [-0.15, -0.1) is 0 Å². The molecule has 0 aliphatic carbocycles. The molecule has 0 saturated heterocycles. The Kier molecular flexibility index (Phi) is 6.43. The van der Waals surface area contributed by atoms with Crippen LogP contribution in [0.3, 0.4) is 0 Å². The number of carbonyl (C=O) groups excluding carboxylic acids is 1. The molecular weight excluding hydrogens is 376 g/mol. The Morgan fingerprint density at radius 1 is 1.17 bits per heavy atom. The summed E-state index contributed by atoms with van der Waals surface area (Å²) in [6.45, 7) is 0.161. The summed E-state index contributed by atoms with van der Waals surface area (Å²) >= 11 is 0. The molecule has 0 bridgehead atoms. The number of carbonyl (C=O) groups is 1. The minimum atomic E-state index is -0.378. The van der Waals surface area contributed by atoms with E-state index in [1.165, 1.54) is 14.2 Å².